The number of hydrogen-bond acceptors (Lipinski definition) is 4. The summed E-state index contributed by atoms with van der Waals surface area (Å²) in [5, 5.41) is 6.73. The third-order valence-electron chi connectivity index (χ3n) is 3.80. The Bertz CT molecular complexity index is 535. The van der Waals surface area contributed by atoms with Gasteiger partial charge in [0.15, 0.2) is 0 Å². The van der Waals surface area contributed by atoms with Crippen LogP contribution in [0.4, 0.5) is 5.69 Å². The van der Waals surface area contributed by atoms with Gasteiger partial charge in [0.05, 0.1) is 11.1 Å². The largest absolute Gasteiger partial charge is 0.383 e. The molecule has 3 rings (SSSR count). The second-order valence-electron chi connectivity index (χ2n) is 5.10. The molecule has 1 unspecified atom stereocenters. The zero-order valence-electron chi connectivity index (χ0n) is 10.9. The van der Waals surface area contributed by atoms with Crippen LogP contribution in [0, 0.1) is 0 Å². The van der Waals surface area contributed by atoms with Gasteiger partial charge < -0.3 is 10.6 Å². The van der Waals surface area contributed by atoms with Crippen LogP contribution in [0.1, 0.15) is 33.6 Å². The number of rotatable bonds is 3. The van der Waals surface area contributed by atoms with Crippen molar-refractivity contribution in [3.05, 3.63) is 29.3 Å². The van der Waals surface area contributed by atoms with Gasteiger partial charge in [-0.05, 0) is 37.6 Å². The smallest absolute Gasteiger partial charge is 0.261 e. The number of amides is 2. The van der Waals surface area contributed by atoms with Crippen LogP contribution in [-0.4, -0.2) is 42.9 Å². The maximum absolute atomic E-state index is 11.9. The number of anilines is 1. The van der Waals surface area contributed by atoms with Gasteiger partial charge in [-0.25, -0.2) is 0 Å². The molecule has 2 aliphatic rings. The van der Waals surface area contributed by atoms with Crippen LogP contribution in [0.25, 0.3) is 0 Å². The minimum atomic E-state index is -0.220. The van der Waals surface area contributed by atoms with Crippen LogP contribution in [0.3, 0.4) is 0 Å². The summed E-state index contributed by atoms with van der Waals surface area (Å²) in [7, 11) is 1.51. The highest BCUT2D eigenvalue weighted by molar-refractivity contribution is 6.21. The van der Waals surface area contributed by atoms with Crippen molar-refractivity contribution < 1.29 is 9.59 Å². The topological polar surface area (TPSA) is 61.4 Å². The highest BCUT2D eigenvalue weighted by atomic mass is 16.2. The molecule has 0 bridgehead atoms. The number of fused-ring (bicyclic) bond motifs is 1. The molecule has 19 heavy (non-hydrogen) atoms. The van der Waals surface area contributed by atoms with E-state index < -0.39 is 0 Å². The summed E-state index contributed by atoms with van der Waals surface area (Å²) in [4.78, 5) is 24.8. The first-order valence-electron chi connectivity index (χ1n) is 6.60. The number of benzene rings is 1. The Morgan fingerprint density at radius 3 is 2.84 bits per heavy atom. The Hall–Kier alpha value is -1.88. The Labute approximate surface area is 112 Å². The molecule has 1 aromatic carbocycles. The van der Waals surface area contributed by atoms with Crippen LogP contribution >= 0.6 is 0 Å². The molecule has 2 heterocycles. The fourth-order valence-electron chi connectivity index (χ4n) is 2.64. The van der Waals surface area contributed by atoms with Crippen molar-refractivity contribution in [3.63, 3.8) is 0 Å². The van der Waals surface area contributed by atoms with Gasteiger partial charge in [0.2, 0.25) is 0 Å². The molecule has 2 aliphatic heterocycles. The van der Waals surface area contributed by atoms with Gasteiger partial charge in [-0.2, -0.15) is 0 Å². The number of hydrogen-bond donors (Lipinski definition) is 2. The predicted molar refractivity (Wildman–Crippen MR) is 72.4 cm³/mol. The molecule has 0 spiro atoms. The van der Waals surface area contributed by atoms with Crippen molar-refractivity contribution in [1.29, 1.82) is 0 Å². The summed E-state index contributed by atoms with van der Waals surface area (Å²) in [6, 6.07) is 5.85. The molecule has 100 valence electrons. The highest BCUT2D eigenvalue weighted by Crippen LogP contribution is 2.24. The summed E-state index contributed by atoms with van der Waals surface area (Å²) in [5.74, 6) is -0.438. The molecule has 5 nitrogen and oxygen atoms in total. The molecule has 0 aromatic heterocycles. The van der Waals surface area contributed by atoms with Gasteiger partial charge in [-0.3, -0.25) is 14.5 Å². The van der Waals surface area contributed by atoms with E-state index in [1.54, 1.807) is 12.1 Å². The molecule has 2 amide bonds. The first-order valence-corrected chi connectivity index (χ1v) is 6.60. The van der Waals surface area contributed by atoms with E-state index in [4.69, 9.17) is 0 Å². The monoisotopic (exact) mass is 259 g/mol. The number of nitrogens with one attached hydrogen (secondary N) is 2. The van der Waals surface area contributed by atoms with Crippen molar-refractivity contribution in [2.45, 2.75) is 18.9 Å². The molecule has 0 saturated carbocycles. The molecule has 0 radical (unpaired) electrons. The Morgan fingerprint density at radius 2 is 2.11 bits per heavy atom. The van der Waals surface area contributed by atoms with Crippen molar-refractivity contribution in [2.75, 3.05) is 25.5 Å². The maximum Gasteiger partial charge on any atom is 0.261 e. The molecule has 0 aliphatic carbocycles. The molecular formula is C14H17N3O2. The summed E-state index contributed by atoms with van der Waals surface area (Å²) in [6.45, 7) is 1.92. The summed E-state index contributed by atoms with van der Waals surface area (Å²) < 4.78 is 0. The van der Waals surface area contributed by atoms with Crippen LogP contribution < -0.4 is 10.6 Å². The molecule has 1 aromatic rings. The Morgan fingerprint density at radius 1 is 1.32 bits per heavy atom. The number of nitrogens with zero attached hydrogens (tertiary/aromatic N) is 1. The van der Waals surface area contributed by atoms with E-state index >= 15 is 0 Å². The molecular weight excluding hydrogens is 242 g/mol. The quantitative estimate of drug-likeness (QED) is 0.797. The van der Waals surface area contributed by atoms with Gasteiger partial charge in [-0.15, -0.1) is 0 Å². The van der Waals surface area contributed by atoms with E-state index in [2.05, 4.69) is 10.6 Å². The van der Waals surface area contributed by atoms with Crippen LogP contribution in [-0.2, 0) is 0 Å². The van der Waals surface area contributed by atoms with Gasteiger partial charge in [0.1, 0.15) is 0 Å². The lowest BCUT2D eigenvalue weighted by Gasteiger charge is -2.12. The van der Waals surface area contributed by atoms with Crippen molar-refractivity contribution >= 4 is 17.5 Å². The zero-order valence-corrected chi connectivity index (χ0v) is 10.9. The van der Waals surface area contributed by atoms with Crippen molar-refractivity contribution in [2.24, 2.45) is 0 Å². The lowest BCUT2D eigenvalue weighted by Crippen LogP contribution is -2.29. The van der Waals surface area contributed by atoms with Crippen molar-refractivity contribution in [3.8, 4) is 0 Å². The van der Waals surface area contributed by atoms with E-state index in [-0.39, 0.29) is 11.8 Å². The molecule has 1 saturated heterocycles. The second kappa shape index (κ2) is 4.66. The number of imide groups is 1. The van der Waals surface area contributed by atoms with E-state index in [0.29, 0.717) is 17.2 Å². The van der Waals surface area contributed by atoms with Crippen LogP contribution in [0.15, 0.2) is 18.2 Å². The van der Waals surface area contributed by atoms with Gasteiger partial charge in [-0.1, -0.05) is 0 Å². The minimum absolute atomic E-state index is 0.219. The molecule has 2 N–H and O–H groups in total. The van der Waals surface area contributed by atoms with Gasteiger partial charge >= 0.3 is 0 Å². The maximum atomic E-state index is 11.9. The highest BCUT2D eigenvalue weighted by Gasteiger charge is 2.32. The standard InChI is InChI=1S/C14H17N3O2/c1-17-13(18)11-5-4-9(7-12(11)14(17)19)16-8-10-3-2-6-15-10/h4-5,7,10,15-16H,2-3,6,8H2,1H3. The fraction of sp³-hybridized carbons (Fsp3) is 0.429. The van der Waals surface area contributed by atoms with Crippen molar-refractivity contribution in [1.82, 2.24) is 10.2 Å². The molecule has 1 atom stereocenters. The minimum Gasteiger partial charge on any atom is -0.383 e. The third-order valence-corrected chi connectivity index (χ3v) is 3.80. The number of carbonyl (C=O) groups is 2. The summed E-state index contributed by atoms with van der Waals surface area (Å²) in [5.41, 5.74) is 1.89. The van der Waals surface area contributed by atoms with Crippen LogP contribution in [0.2, 0.25) is 0 Å². The molecule has 1 fully saturated rings. The zero-order chi connectivity index (χ0) is 13.4. The Balaban J connectivity index is 1.75. The van der Waals surface area contributed by atoms with E-state index in [0.717, 1.165) is 23.7 Å². The average molecular weight is 259 g/mol. The first kappa shape index (κ1) is 12.2. The lowest BCUT2D eigenvalue weighted by atomic mass is 10.1. The normalized spacial score (nSPS) is 21.9. The summed E-state index contributed by atoms with van der Waals surface area (Å²) in [6.07, 6.45) is 2.40. The SMILES string of the molecule is CN1C(=O)c2ccc(NCC3CCCN3)cc2C1=O. The van der Waals surface area contributed by atoms with E-state index in [1.165, 1.54) is 19.9 Å². The fourth-order valence-corrected chi connectivity index (χ4v) is 2.64. The third kappa shape index (κ3) is 2.10. The Kier molecular flexibility index (Phi) is 2.98. The van der Waals surface area contributed by atoms with Gasteiger partial charge in [0.25, 0.3) is 11.8 Å². The van der Waals surface area contributed by atoms with E-state index in [1.807, 2.05) is 6.07 Å². The summed E-state index contributed by atoms with van der Waals surface area (Å²) >= 11 is 0. The van der Waals surface area contributed by atoms with Gasteiger partial charge in [0, 0.05) is 25.3 Å². The molecule has 5 heteroatoms. The average Bonchev–Trinajstić information content (AvgIpc) is 3.01. The van der Waals surface area contributed by atoms with Crippen LogP contribution in [0.5, 0.6) is 0 Å². The second-order valence-corrected chi connectivity index (χ2v) is 5.10. The predicted octanol–water partition coefficient (Wildman–Crippen LogP) is 1.08. The van der Waals surface area contributed by atoms with E-state index in [9.17, 15) is 9.59 Å². The first-order chi connectivity index (χ1) is 9.16. The number of carbonyl (C=O) groups excluding carboxylic acids is 2. The lowest BCUT2D eigenvalue weighted by molar-refractivity contribution is 0.0693.